The van der Waals surface area contributed by atoms with Gasteiger partial charge in [-0.05, 0) is 81.8 Å². The molecule has 1 fully saturated rings. The molecule has 0 saturated heterocycles. The summed E-state index contributed by atoms with van der Waals surface area (Å²) in [4.78, 5) is 54.3. The van der Waals surface area contributed by atoms with Gasteiger partial charge in [-0.2, -0.15) is 0 Å². The van der Waals surface area contributed by atoms with Crippen molar-refractivity contribution < 1.29 is 33.8 Å². The Morgan fingerprint density at radius 1 is 1.02 bits per heavy atom. The fraction of sp³-hybridized carbons (Fsp3) is 0.467. The molecule has 0 bridgehead atoms. The van der Waals surface area contributed by atoms with Gasteiger partial charge < -0.3 is 30.1 Å². The topological polar surface area (TPSA) is 134 Å². The molecule has 10 heteroatoms. The first kappa shape index (κ1) is 30.5. The number of rotatable bonds is 10. The Kier molecular flexibility index (Phi) is 9.78. The second-order valence-corrected chi connectivity index (χ2v) is 11.0. The number of aromatic hydroxyl groups is 1. The summed E-state index contributed by atoms with van der Waals surface area (Å²) < 4.78 is 10.1. The molecule has 1 saturated carbocycles. The molecule has 0 heterocycles. The molecule has 0 radical (unpaired) electrons. The van der Waals surface area contributed by atoms with Crippen molar-refractivity contribution in [3.8, 4) is 5.75 Å². The minimum atomic E-state index is -1.07. The molecule has 1 aliphatic rings. The quantitative estimate of drug-likeness (QED) is 0.384. The number of phenolic OH excluding ortho intramolecular Hbond substituents is 1. The van der Waals surface area contributed by atoms with Gasteiger partial charge in [0.25, 0.3) is 0 Å². The molecule has 3 N–H and O–H groups in total. The maximum Gasteiger partial charge on any atom is 0.408 e. The minimum Gasteiger partial charge on any atom is -0.508 e. The molecule has 0 aliphatic heterocycles. The number of alkyl carbamates (subject to hydrolysis) is 1. The molecular formula is C30H39N3O7. The van der Waals surface area contributed by atoms with E-state index in [9.17, 15) is 24.3 Å². The van der Waals surface area contributed by atoms with Crippen LogP contribution < -0.4 is 10.6 Å². The number of aryl methyl sites for hydroxylation is 2. The van der Waals surface area contributed by atoms with Crippen molar-refractivity contribution in [3.05, 3.63) is 64.7 Å². The van der Waals surface area contributed by atoms with Gasteiger partial charge in [-0.15, -0.1) is 0 Å². The van der Waals surface area contributed by atoms with E-state index in [0.29, 0.717) is 24.0 Å². The predicted molar refractivity (Wildman–Crippen MR) is 149 cm³/mol. The van der Waals surface area contributed by atoms with Crippen LogP contribution in [0.5, 0.6) is 5.75 Å². The molecule has 2 atom stereocenters. The molecule has 216 valence electrons. The highest BCUT2D eigenvalue weighted by atomic mass is 16.6. The predicted octanol–water partition coefficient (Wildman–Crippen LogP) is 3.47. The van der Waals surface area contributed by atoms with Crippen molar-refractivity contribution in [2.75, 3.05) is 13.7 Å². The average molecular weight is 554 g/mol. The molecule has 10 nitrogen and oxygen atoms in total. The van der Waals surface area contributed by atoms with Crippen LogP contribution in [0.4, 0.5) is 4.79 Å². The van der Waals surface area contributed by atoms with Gasteiger partial charge in [-0.3, -0.25) is 14.4 Å². The summed E-state index contributed by atoms with van der Waals surface area (Å²) in [5, 5.41) is 15.1. The summed E-state index contributed by atoms with van der Waals surface area (Å²) in [6, 6.07) is 9.59. The van der Waals surface area contributed by atoms with Gasteiger partial charge in [0, 0.05) is 12.5 Å². The lowest BCUT2D eigenvalue weighted by Gasteiger charge is -2.36. The highest BCUT2D eigenvalue weighted by Gasteiger charge is 2.45. The molecule has 2 aromatic carbocycles. The standard InChI is InChI=1S/C30H39N3O7/c1-18-8-7-9-19(2)25(18)26(27(36)31-17-24(35)39-6)33(21-12-13-21)28(37)23(32-29(38)40-30(3,4)5)16-20-10-14-22(34)15-11-20/h7-11,14-15,21,23,26,34H,12-13,16-17H2,1-6H3,(H,31,36)(H,32,38). The highest BCUT2D eigenvalue weighted by Crippen LogP contribution is 2.38. The number of amides is 3. The minimum absolute atomic E-state index is 0.0729. The summed E-state index contributed by atoms with van der Waals surface area (Å²) in [6.45, 7) is 8.56. The summed E-state index contributed by atoms with van der Waals surface area (Å²) in [6.07, 6.45) is 0.718. The number of hydrogen-bond acceptors (Lipinski definition) is 7. The SMILES string of the molecule is COC(=O)CNC(=O)C(c1c(C)cccc1C)N(C(=O)C(Cc1ccc(O)cc1)NC(=O)OC(C)(C)C)C1CC1. The van der Waals surface area contributed by atoms with Gasteiger partial charge in [0.05, 0.1) is 7.11 Å². The first-order valence-corrected chi connectivity index (χ1v) is 13.3. The number of nitrogens with one attached hydrogen (secondary N) is 2. The van der Waals surface area contributed by atoms with Gasteiger partial charge in [0.15, 0.2) is 0 Å². The van der Waals surface area contributed by atoms with Crippen molar-refractivity contribution in [1.29, 1.82) is 0 Å². The second kappa shape index (κ2) is 12.8. The van der Waals surface area contributed by atoms with E-state index in [1.54, 1.807) is 32.9 Å². The van der Waals surface area contributed by atoms with Gasteiger partial charge in [-0.1, -0.05) is 30.3 Å². The summed E-state index contributed by atoms with van der Waals surface area (Å²) in [5.74, 6) is -1.52. The van der Waals surface area contributed by atoms with Crippen LogP contribution in [0.2, 0.25) is 0 Å². The third-order valence-corrected chi connectivity index (χ3v) is 6.54. The fourth-order valence-electron chi connectivity index (χ4n) is 4.55. The first-order chi connectivity index (χ1) is 18.8. The highest BCUT2D eigenvalue weighted by molar-refractivity contribution is 5.94. The Hall–Kier alpha value is -4.08. The van der Waals surface area contributed by atoms with Crippen molar-refractivity contribution >= 4 is 23.9 Å². The van der Waals surface area contributed by atoms with E-state index in [1.807, 2.05) is 32.0 Å². The molecule has 3 amide bonds. The second-order valence-electron chi connectivity index (χ2n) is 11.0. The zero-order chi connectivity index (χ0) is 29.6. The smallest absolute Gasteiger partial charge is 0.408 e. The van der Waals surface area contributed by atoms with Crippen LogP contribution >= 0.6 is 0 Å². The molecule has 0 spiro atoms. The molecule has 40 heavy (non-hydrogen) atoms. The van der Waals surface area contributed by atoms with E-state index in [2.05, 4.69) is 15.4 Å². The molecule has 0 aromatic heterocycles. The largest absolute Gasteiger partial charge is 0.508 e. The summed E-state index contributed by atoms with van der Waals surface area (Å²) in [5.41, 5.74) is 2.19. The number of benzene rings is 2. The fourth-order valence-corrected chi connectivity index (χ4v) is 4.55. The maximum absolute atomic E-state index is 14.4. The number of methoxy groups -OCH3 is 1. The Morgan fingerprint density at radius 3 is 2.15 bits per heavy atom. The van der Waals surface area contributed by atoms with Crippen LogP contribution in [0.1, 0.15) is 61.9 Å². The number of hydrogen-bond donors (Lipinski definition) is 3. The van der Waals surface area contributed by atoms with E-state index in [4.69, 9.17) is 4.74 Å². The molecule has 1 aliphatic carbocycles. The van der Waals surface area contributed by atoms with Gasteiger partial charge in [0.1, 0.15) is 30.0 Å². The van der Waals surface area contributed by atoms with Crippen molar-refractivity contribution in [2.45, 2.75) is 77.6 Å². The zero-order valence-electron chi connectivity index (χ0n) is 23.9. The number of ether oxygens (including phenoxy) is 2. The summed E-state index contributed by atoms with van der Waals surface area (Å²) in [7, 11) is 1.23. The number of carbonyl (C=O) groups excluding carboxylic acids is 4. The van der Waals surface area contributed by atoms with E-state index < -0.39 is 41.6 Å². The van der Waals surface area contributed by atoms with Crippen LogP contribution in [0.3, 0.4) is 0 Å². The molecule has 2 aromatic rings. The third kappa shape index (κ3) is 8.21. The lowest BCUT2D eigenvalue weighted by Crippen LogP contribution is -2.55. The van der Waals surface area contributed by atoms with Crippen molar-refractivity contribution in [1.82, 2.24) is 15.5 Å². The normalized spacial score (nSPS) is 14.4. The Morgan fingerprint density at radius 2 is 1.62 bits per heavy atom. The third-order valence-electron chi connectivity index (χ3n) is 6.54. The Bertz CT molecular complexity index is 1210. The Balaban J connectivity index is 2.05. The number of phenols is 1. The van der Waals surface area contributed by atoms with Crippen LogP contribution in [-0.2, 0) is 30.3 Å². The first-order valence-electron chi connectivity index (χ1n) is 13.3. The van der Waals surface area contributed by atoms with E-state index in [-0.39, 0.29) is 24.8 Å². The lowest BCUT2D eigenvalue weighted by molar-refractivity contribution is -0.145. The monoisotopic (exact) mass is 553 g/mol. The van der Waals surface area contributed by atoms with Gasteiger partial charge >= 0.3 is 12.1 Å². The number of esters is 1. The van der Waals surface area contributed by atoms with Crippen LogP contribution in [0, 0.1) is 13.8 Å². The molecular weight excluding hydrogens is 514 g/mol. The van der Waals surface area contributed by atoms with Gasteiger partial charge in [-0.25, -0.2) is 4.79 Å². The average Bonchev–Trinajstić information content (AvgIpc) is 3.71. The van der Waals surface area contributed by atoms with Crippen LogP contribution in [-0.4, -0.2) is 65.2 Å². The number of carbonyl (C=O) groups is 4. The molecule has 2 unspecified atom stereocenters. The Labute approximate surface area is 235 Å². The zero-order valence-corrected chi connectivity index (χ0v) is 23.9. The van der Waals surface area contributed by atoms with Crippen molar-refractivity contribution in [2.24, 2.45) is 0 Å². The molecule has 3 rings (SSSR count). The maximum atomic E-state index is 14.4. The van der Waals surface area contributed by atoms with Crippen LogP contribution in [0.15, 0.2) is 42.5 Å². The van der Waals surface area contributed by atoms with E-state index >= 15 is 0 Å². The summed E-state index contributed by atoms with van der Waals surface area (Å²) >= 11 is 0. The van der Waals surface area contributed by atoms with E-state index in [0.717, 1.165) is 11.1 Å². The van der Waals surface area contributed by atoms with Crippen LogP contribution in [0.25, 0.3) is 0 Å². The van der Waals surface area contributed by atoms with Crippen molar-refractivity contribution in [3.63, 3.8) is 0 Å². The van der Waals surface area contributed by atoms with Gasteiger partial charge in [0.2, 0.25) is 11.8 Å². The number of nitrogens with zero attached hydrogens (tertiary/aromatic N) is 1. The van der Waals surface area contributed by atoms with E-state index in [1.165, 1.54) is 24.1 Å². The lowest BCUT2D eigenvalue weighted by atomic mass is 9.93.